The van der Waals surface area contributed by atoms with Gasteiger partial charge in [0.15, 0.2) is 5.82 Å². The number of hydrogen-bond acceptors (Lipinski definition) is 6. The number of nitrogens with zero attached hydrogens (tertiary/aromatic N) is 5. The third-order valence-electron chi connectivity index (χ3n) is 4.80. The summed E-state index contributed by atoms with van der Waals surface area (Å²) in [4.78, 5) is 21.3. The lowest BCUT2D eigenvalue weighted by atomic mass is 9.98. The number of rotatable bonds is 7. The molecule has 0 fully saturated rings. The molecule has 8 nitrogen and oxygen atoms in total. The van der Waals surface area contributed by atoms with Gasteiger partial charge in [-0.1, -0.05) is 25.4 Å². The number of aromatic nitrogens is 4. The van der Waals surface area contributed by atoms with Crippen LogP contribution in [-0.2, 0) is 0 Å². The summed E-state index contributed by atoms with van der Waals surface area (Å²) in [6.45, 7) is 3.67. The van der Waals surface area contributed by atoms with E-state index >= 15 is 0 Å². The van der Waals surface area contributed by atoms with E-state index in [0.29, 0.717) is 23.6 Å². The van der Waals surface area contributed by atoms with Crippen LogP contribution in [0.3, 0.4) is 0 Å². The highest BCUT2D eigenvalue weighted by atomic mass is 35.5. The molecule has 1 aromatic carbocycles. The van der Waals surface area contributed by atoms with E-state index in [0.717, 1.165) is 12.1 Å². The highest BCUT2D eigenvalue weighted by molar-refractivity contribution is 6.31. The minimum Gasteiger partial charge on any atom is -0.406 e. The van der Waals surface area contributed by atoms with Gasteiger partial charge < -0.3 is 10.1 Å². The second kappa shape index (κ2) is 9.87. The summed E-state index contributed by atoms with van der Waals surface area (Å²) in [5.74, 6) is -0.604. The molecule has 0 saturated heterocycles. The quantitative estimate of drug-likeness (QED) is 0.539. The van der Waals surface area contributed by atoms with Crippen LogP contribution in [0.5, 0.6) is 5.75 Å². The second-order valence-electron chi connectivity index (χ2n) is 7.05. The Balaban J connectivity index is 1.81. The van der Waals surface area contributed by atoms with Gasteiger partial charge >= 0.3 is 6.36 Å². The molecule has 1 N–H and O–H groups in total. The number of ether oxygens (including phenoxy) is 1. The van der Waals surface area contributed by atoms with E-state index in [1.165, 1.54) is 23.3 Å². The molecule has 0 aliphatic heterocycles. The number of benzene rings is 1. The average Bonchev–Trinajstić information content (AvgIpc) is 3.25. The van der Waals surface area contributed by atoms with Crippen molar-refractivity contribution in [2.45, 2.75) is 38.6 Å². The van der Waals surface area contributed by atoms with Gasteiger partial charge in [-0.05, 0) is 36.8 Å². The number of carbonyl (C=O) groups excluding carboxylic acids is 1. The van der Waals surface area contributed by atoms with Crippen molar-refractivity contribution < 1.29 is 22.7 Å². The lowest BCUT2D eigenvalue weighted by Gasteiger charge is -2.24. The molecule has 3 aromatic rings. The van der Waals surface area contributed by atoms with E-state index in [9.17, 15) is 18.0 Å². The van der Waals surface area contributed by atoms with Crippen LogP contribution in [0, 0.1) is 11.3 Å². The highest BCUT2D eigenvalue weighted by Gasteiger charge is 2.32. The Bertz CT molecular complexity index is 1170. The normalized spacial score (nSPS) is 13.1. The summed E-state index contributed by atoms with van der Waals surface area (Å²) in [7, 11) is 0. The Morgan fingerprint density at radius 3 is 2.67 bits per heavy atom. The van der Waals surface area contributed by atoms with Crippen LogP contribution in [-0.4, -0.2) is 38.1 Å². The van der Waals surface area contributed by atoms with Crippen LogP contribution >= 0.6 is 11.6 Å². The summed E-state index contributed by atoms with van der Waals surface area (Å²) in [5, 5.41) is 15.9. The number of nitriles is 1. The fourth-order valence-electron chi connectivity index (χ4n) is 3.21. The van der Waals surface area contributed by atoms with Crippen molar-refractivity contribution >= 4 is 17.5 Å². The molecule has 0 radical (unpaired) electrons. The smallest absolute Gasteiger partial charge is 0.406 e. The van der Waals surface area contributed by atoms with Crippen molar-refractivity contribution in [2.75, 3.05) is 0 Å². The molecular weight excluding hydrogens is 461 g/mol. The molecule has 12 heteroatoms. The minimum atomic E-state index is -4.91. The molecule has 2 aromatic heterocycles. The predicted molar refractivity (Wildman–Crippen MR) is 112 cm³/mol. The first kappa shape index (κ1) is 24.0. The number of hydrogen-bond donors (Lipinski definition) is 1. The van der Waals surface area contributed by atoms with Crippen molar-refractivity contribution in [3.8, 4) is 17.6 Å². The molecule has 0 aliphatic carbocycles. The number of carbonyl (C=O) groups is 1. The number of nitrogens with one attached hydrogen (secondary N) is 1. The van der Waals surface area contributed by atoms with Crippen molar-refractivity contribution in [3.63, 3.8) is 0 Å². The third kappa shape index (κ3) is 5.98. The lowest BCUT2D eigenvalue weighted by Crippen LogP contribution is -2.39. The van der Waals surface area contributed by atoms with Gasteiger partial charge in [0.25, 0.3) is 5.91 Å². The average molecular weight is 479 g/mol. The fourth-order valence-corrected chi connectivity index (χ4v) is 3.44. The molecule has 33 heavy (non-hydrogen) atoms. The summed E-state index contributed by atoms with van der Waals surface area (Å²) in [6.07, 6.45) is -1.67. The Morgan fingerprint density at radius 1 is 1.30 bits per heavy atom. The van der Waals surface area contributed by atoms with Gasteiger partial charge in [-0.3, -0.25) is 4.79 Å². The first-order valence-corrected chi connectivity index (χ1v) is 10.1. The molecule has 0 bridgehead atoms. The fraction of sp³-hybridized carbons (Fsp3) is 0.286. The monoisotopic (exact) mass is 478 g/mol. The third-order valence-corrected chi connectivity index (χ3v) is 5.02. The van der Waals surface area contributed by atoms with Crippen LogP contribution in [0.4, 0.5) is 13.2 Å². The molecule has 2 heterocycles. The summed E-state index contributed by atoms with van der Waals surface area (Å²) in [6, 6.07) is 7.95. The largest absolute Gasteiger partial charge is 0.573 e. The molecular formula is C21H18ClF3N6O2. The second-order valence-corrected chi connectivity index (χ2v) is 7.48. The van der Waals surface area contributed by atoms with Crippen LogP contribution in [0.1, 0.15) is 47.9 Å². The van der Waals surface area contributed by atoms with Gasteiger partial charge in [0.2, 0.25) is 0 Å². The zero-order chi connectivity index (χ0) is 24.2. The topological polar surface area (TPSA) is 106 Å². The van der Waals surface area contributed by atoms with E-state index in [2.05, 4.69) is 25.1 Å². The SMILES string of the molecule is CC[C@H](NC(=O)c1cc(Cl)cc(OC(F)(F)F)c1)[C@H](C)c1ncnn1-c1ccc(C#N)cn1. The standard InChI is InChI=1S/C21H18ClF3N6O2/c1-3-17(30-20(32)14-6-15(22)8-16(7-14)33-21(23,24)25)12(2)19-28-11-29-31(19)18-5-4-13(9-26)10-27-18/h4-8,10-12,17H,3H2,1-2H3,(H,30,32)/t12-,17-/m0/s1. The number of amides is 1. The number of halogens is 4. The van der Waals surface area contributed by atoms with E-state index in [-0.39, 0.29) is 16.5 Å². The van der Waals surface area contributed by atoms with Gasteiger partial charge in [-0.25, -0.2) is 9.97 Å². The number of pyridine rings is 1. The van der Waals surface area contributed by atoms with Crippen molar-refractivity contribution in [1.82, 2.24) is 25.1 Å². The molecule has 0 spiro atoms. The van der Waals surface area contributed by atoms with E-state index in [1.807, 2.05) is 19.9 Å². The molecule has 1 amide bonds. The van der Waals surface area contributed by atoms with Crippen molar-refractivity contribution in [3.05, 3.63) is 64.8 Å². The lowest BCUT2D eigenvalue weighted by molar-refractivity contribution is -0.274. The van der Waals surface area contributed by atoms with Crippen LogP contribution in [0.25, 0.3) is 5.82 Å². The Labute approximate surface area is 192 Å². The number of alkyl halides is 3. The van der Waals surface area contributed by atoms with Gasteiger partial charge in [-0.2, -0.15) is 15.0 Å². The molecule has 172 valence electrons. The van der Waals surface area contributed by atoms with Crippen molar-refractivity contribution in [2.24, 2.45) is 0 Å². The summed E-state index contributed by atoms with van der Waals surface area (Å²) < 4.78 is 43.0. The van der Waals surface area contributed by atoms with Gasteiger partial charge in [0, 0.05) is 28.7 Å². The van der Waals surface area contributed by atoms with Crippen LogP contribution < -0.4 is 10.1 Å². The van der Waals surface area contributed by atoms with E-state index < -0.39 is 24.1 Å². The van der Waals surface area contributed by atoms with Crippen LogP contribution in [0.2, 0.25) is 5.02 Å². The first-order chi connectivity index (χ1) is 15.6. The molecule has 3 rings (SSSR count). The Morgan fingerprint density at radius 2 is 2.06 bits per heavy atom. The Kier molecular flexibility index (Phi) is 7.18. The summed E-state index contributed by atoms with van der Waals surface area (Å²) in [5.41, 5.74) is 0.310. The maximum absolute atomic E-state index is 12.8. The van der Waals surface area contributed by atoms with Gasteiger partial charge in [0.05, 0.1) is 5.56 Å². The van der Waals surface area contributed by atoms with E-state index in [1.54, 1.807) is 12.1 Å². The Hall–Kier alpha value is -3.65. The van der Waals surface area contributed by atoms with Crippen LogP contribution in [0.15, 0.2) is 42.9 Å². The summed E-state index contributed by atoms with van der Waals surface area (Å²) >= 11 is 5.87. The van der Waals surface area contributed by atoms with E-state index in [4.69, 9.17) is 16.9 Å². The molecule has 0 aliphatic rings. The molecule has 0 saturated carbocycles. The van der Waals surface area contributed by atoms with Gasteiger partial charge in [-0.15, -0.1) is 13.2 Å². The predicted octanol–water partition coefficient (Wildman–Crippen LogP) is 4.40. The zero-order valence-corrected chi connectivity index (χ0v) is 18.2. The maximum atomic E-state index is 12.8. The molecule has 2 atom stereocenters. The highest BCUT2D eigenvalue weighted by Crippen LogP contribution is 2.28. The van der Waals surface area contributed by atoms with Gasteiger partial charge in [0.1, 0.15) is 24.0 Å². The molecule has 0 unspecified atom stereocenters. The van der Waals surface area contributed by atoms with Crippen molar-refractivity contribution in [1.29, 1.82) is 5.26 Å². The first-order valence-electron chi connectivity index (χ1n) is 9.75. The minimum absolute atomic E-state index is 0.0744. The zero-order valence-electron chi connectivity index (χ0n) is 17.5. The maximum Gasteiger partial charge on any atom is 0.573 e.